The van der Waals surface area contributed by atoms with Crippen molar-refractivity contribution in [1.29, 1.82) is 0 Å². The van der Waals surface area contributed by atoms with E-state index < -0.39 is 0 Å². The molecule has 5 nitrogen and oxygen atoms in total. The van der Waals surface area contributed by atoms with Gasteiger partial charge < -0.3 is 15.4 Å². The lowest BCUT2D eigenvalue weighted by Crippen LogP contribution is -2.45. The van der Waals surface area contributed by atoms with Gasteiger partial charge in [-0.3, -0.25) is 0 Å². The number of nitrogen functional groups attached to an aromatic ring is 1. The van der Waals surface area contributed by atoms with Crippen LogP contribution in [0.25, 0.3) is 0 Å². The van der Waals surface area contributed by atoms with Crippen LogP contribution in [0.5, 0.6) is 0 Å². The summed E-state index contributed by atoms with van der Waals surface area (Å²) in [5.74, 6) is 1.32. The fourth-order valence-electron chi connectivity index (χ4n) is 1.86. The summed E-state index contributed by atoms with van der Waals surface area (Å²) in [5, 5.41) is 0. The quantitative estimate of drug-likeness (QED) is 0.735. The molecular weight excluding hydrogens is 192 g/mol. The number of nitrogens with two attached hydrogens (primary N) is 1. The summed E-state index contributed by atoms with van der Waals surface area (Å²) < 4.78 is 5.65. The molecule has 0 aliphatic carbocycles. The Hall–Kier alpha value is -1.36. The molecule has 2 heterocycles. The number of ether oxygens (including phenoxy) is 1. The molecule has 82 valence electrons. The smallest absolute Gasteiger partial charge is 0.147 e. The Morgan fingerprint density at radius 1 is 1.27 bits per heavy atom. The molecule has 2 rings (SSSR count). The summed E-state index contributed by atoms with van der Waals surface area (Å²) in [6.07, 6.45) is 3.75. The Morgan fingerprint density at radius 2 is 1.93 bits per heavy atom. The maximum atomic E-state index is 5.65. The highest BCUT2D eigenvalue weighted by Crippen LogP contribution is 2.17. The van der Waals surface area contributed by atoms with E-state index in [2.05, 4.69) is 28.7 Å². The molecule has 2 atom stereocenters. The standard InChI is InChI=1S/C10H16N4O/c1-7-5-14(6-8(2)15-7)10-4-12-9(11)3-13-10/h3-4,7-8H,5-6H2,1-2H3,(H2,11,12). The van der Waals surface area contributed by atoms with Crippen molar-refractivity contribution in [3.05, 3.63) is 12.4 Å². The van der Waals surface area contributed by atoms with Crippen molar-refractivity contribution in [2.24, 2.45) is 0 Å². The molecule has 1 aliphatic rings. The van der Waals surface area contributed by atoms with E-state index in [9.17, 15) is 0 Å². The molecule has 1 aliphatic heterocycles. The first-order valence-corrected chi connectivity index (χ1v) is 5.13. The van der Waals surface area contributed by atoms with E-state index in [4.69, 9.17) is 10.5 Å². The third-order valence-electron chi connectivity index (χ3n) is 2.40. The zero-order chi connectivity index (χ0) is 10.8. The fraction of sp³-hybridized carbons (Fsp3) is 0.600. The van der Waals surface area contributed by atoms with Crippen molar-refractivity contribution in [2.45, 2.75) is 26.1 Å². The van der Waals surface area contributed by atoms with Gasteiger partial charge in [-0.15, -0.1) is 0 Å². The topological polar surface area (TPSA) is 64.3 Å². The van der Waals surface area contributed by atoms with Gasteiger partial charge >= 0.3 is 0 Å². The zero-order valence-corrected chi connectivity index (χ0v) is 9.05. The first kappa shape index (κ1) is 10.2. The van der Waals surface area contributed by atoms with Crippen molar-refractivity contribution in [1.82, 2.24) is 9.97 Å². The normalized spacial score (nSPS) is 26.7. The molecule has 15 heavy (non-hydrogen) atoms. The maximum Gasteiger partial charge on any atom is 0.147 e. The lowest BCUT2D eigenvalue weighted by atomic mass is 10.2. The summed E-state index contributed by atoms with van der Waals surface area (Å²) in [4.78, 5) is 10.5. The molecule has 1 fully saturated rings. The predicted octanol–water partition coefficient (Wildman–Crippen LogP) is 0.672. The van der Waals surface area contributed by atoms with Crippen molar-refractivity contribution < 1.29 is 4.74 Å². The van der Waals surface area contributed by atoms with Gasteiger partial charge in [-0.1, -0.05) is 0 Å². The highest BCUT2D eigenvalue weighted by Gasteiger charge is 2.23. The molecule has 2 N–H and O–H groups in total. The maximum absolute atomic E-state index is 5.65. The molecule has 5 heteroatoms. The predicted molar refractivity (Wildman–Crippen MR) is 58.7 cm³/mol. The highest BCUT2D eigenvalue weighted by atomic mass is 16.5. The third kappa shape index (κ3) is 2.36. The van der Waals surface area contributed by atoms with Crippen LogP contribution >= 0.6 is 0 Å². The van der Waals surface area contributed by atoms with Gasteiger partial charge in [0, 0.05) is 13.1 Å². The second-order valence-electron chi connectivity index (χ2n) is 3.96. The van der Waals surface area contributed by atoms with Crippen LogP contribution in [-0.2, 0) is 4.74 Å². The van der Waals surface area contributed by atoms with Crippen molar-refractivity contribution in [3.63, 3.8) is 0 Å². The van der Waals surface area contributed by atoms with E-state index >= 15 is 0 Å². The summed E-state index contributed by atoms with van der Waals surface area (Å²) in [7, 11) is 0. The second kappa shape index (κ2) is 4.02. The van der Waals surface area contributed by atoms with Gasteiger partial charge in [0.25, 0.3) is 0 Å². The molecule has 0 saturated carbocycles. The zero-order valence-electron chi connectivity index (χ0n) is 9.05. The monoisotopic (exact) mass is 208 g/mol. The largest absolute Gasteiger partial charge is 0.382 e. The molecule has 1 aromatic rings. The van der Waals surface area contributed by atoms with E-state index in [0.717, 1.165) is 18.9 Å². The first-order valence-electron chi connectivity index (χ1n) is 5.13. The van der Waals surface area contributed by atoms with Crippen LogP contribution in [0.3, 0.4) is 0 Å². The third-order valence-corrected chi connectivity index (χ3v) is 2.40. The number of rotatable bonds is 1. The first-order chi connectivity index (χ1) is 7.15. The molecule has 1 saturated heterocycles. The van der Waals surface area contributed by atoms with E-state index in [0.29, 0.717) is 5.82 Å². The number of nitrogens with zero attached hydrogens (tertiary/aromatic N) is 3. The Kier molecular flexibility index (Phi) is 2.73. The lowest BCUT2D eigenvalue weighted by Gasteiger charge is -2.35. The van der Waals surface area contributed by atoms with E-state index in [1.54, 1.807) is 12.4 Å². The minimum Gasteiger partial charge on any atom is -0.382 e. The molecule has 0 bridgehead atoms. The van der Waals surface area contributed by atoms with Gasteiger partial charge in [0.05, 0.1) is 24.6 Å². The average Bonchev–Trinajstić information content (AvgIpc) is 2.17. The summed E-state index contributed by atoms with van der Waals surface area (Å²) in [5.41, 5.74) is 5.49. The molecule has 0 radical (unpaired) electrons. The molecule has 0 aromatic carbocycles. The van der Waals surface area contributed by atoms with Crippen LogP contribution in [0.2, 0.25) is 0 Å². The van der Waals surface area contributed by atoms with Gasteiger partial charge in [-0.2, -0.15) is 0 Å². The van der Waals surface area contributed by atoms with E-state index in [1.807, 2.05) is 0 Å². The molecule has 1 aromatic heterocycles. The highest BCUT2D eigenvalue weighted by molar-refractivity contribution is 5.40. The molecule has 0 spiro atoms. The summed E-state index contributed by atoms with van der Waals surface area (Å²) >= 11 is 0. The van der Waals surface area contributed by atoms with Crippen LogP contribution in [-0.4, -0.2) is 35.3 Å². The SMILES string of the molecule is CC1CN(c2cnc(N)cn2)CC(C)O1. The lowest BCUT2D eigenvalue weighted by molar-refractivity contribution is -0.00547. The van der Waals surface area contributed by atoms with E-state index in [1.165, 1.54) is 0 Å². The minimum atomic E-state index is 0.230. The van der Waals surface area contributed by atoms with Crippen molar-refractivity contribution in [2.75, 3.05) is 23.7 Å². The average molecular weight is 208 g/mol. The number of morpholine rings is 1. The van der Waals surface area contributed by atoms with Crippen molar-refractivity contribution >= 4 is 11.6 Å². The van der Waals surface area contributed by atoms with Crippen LogP contribution in [0.15, 0.2) is 12.4 Å². The van der Waals surface area contributed by atoms with Gasteiger partial charge in [-0.25, -0.2) is 9.97 Å². The number of anilines is 2. The fourth-order valence-corrected chi connectivity index (χ4v) is 1.86. The van der Waals surface area contributed by atoms with E-state index in [-0.39, 0.29) is 12.2 Å². The Labute approximate surface area is 89.3 Å². The van der Waals surface area contributed by atoms with Gasteiger partial charge in [0.15, 0.2) is 0 Å². The van der Waals surface area contributed by atoms with Crippen LogP contribution in [0.1, 0.15) is 13.8 Å². The van der Waals surface area contributed by atoms with Gasteiger partial charge in [0.2, 0.25) is 0 Å². The number of hydrogen-bond acceptors (Lipinski definition) is 5. The Bertz CT molecular complexity index is 317. The Balaban J connectivity index is 2.12. The van der Waals surface area contributed by atoms with Crippen LogP contribution < -0.4 is 10.6 Å². The number of aromatic nitrogens is 2. The second-order valence-corrected chi connectivity index (χ2v) is 3.96. The number of hydrogen-bond donors (Lipinski definition) is 1. The summed E-state index contributed by atoms with van der Waals surface area (Å²) in [6.45, 7) is 5.83. The Morgan fingerprint density at radius 3 is 2.47 bits per heavy atom. The van der Waals surface area contributed by atoms with Crippen molar-refractivity contribution in [3.8, 4) is 0 Å². The molecule has 0 amide bonds. The van der Waals surface area contributed by atoms with Crippen LogP contribution in [0.4, 0.5) is 11.6 Å². The summed E-state index contributed by atoms with van der Waals surface area (Å²) in [6, 6.07) is 0. The minimum absolute atomic E-state index is 0.230. The molecule has 2 unspecified atom stereocenters. The molecular formula is C10H16N4O. The van der Waals surface area contributed by atoms with Gasteiger partial charge in [-0.05, 0) is 13.8 Å². The van der Waals surface area contributed by atoms with Gasteiger partial charge in [0.1, 0.15) is 11.6 Å². The van der Waals surface area contributed by atoms with Crippen LogP contribution in [0, 0.1) is 0 Å².